The predicted octanol–water partition coefficient (Wildman–Crippen LogP) is 2.37. The number of methoxy groups -OCH3 is 1. The van der Waals surface area contributed by atoms with E-state index in [9.17, 15) is 4.79 Å². The van der Waals surface area contributed by atoms with Crippen LogP contribution in [-0.2, 0) is 10.2 Å². The second kappa shape index (κ2) is 4.03. The van der Waals surface area contributed by atoms with E-state index in [1.165, 1.54) is 16.8 Å². The van der Waals surface area contributed by atoms with E-state index in [-0.39, 0.29) is 17.3 Å². The first-order chi connectivity index (χ1) is 10.1. The topological polar surface area (TPSA) is 38.8 Å². The maximum atomic E-state index is 11.8. The van der Waals surface area contributed by atoms with Crippen molar-refractivity contribution in [3.63, 3.8) is 0 Å². The van der Waals surface area contributed by atoms with E-state index in [1.54, 1.807) is 13.2 Å². The Labute approximate surface area is 124 Å². The largest absolute Gasteiger partial charge is 0.493 e. The maximum Gasteiger partial charge on any atom is 0.167 e. The minimum atomic E-state index is -0.162. The molecule has 0 fully saturated rings. The lowest BCUT2D eigenvalue weighted by Gasteiger charge is -2.41. The van der Waals surface area contributed by atoms with E-state index < -0.39 is 0 Å². The fourth-order valence-electron chi connectivity index (χ4n) is 4.10. The van der Waals surface area contributed by atoms with E-state index in [2.05, 4.69) is 24.9 Å². The van der Waals surface area contributed by atoms with Crippen LogP contribution in [0.4, 0.5) is 5.69 Å². The Morgan fingerprint density at radius 1 is 1.48 bits per heavy atom. The van der Waals surface area contributed by atoms with Crippen LogP contribution in [-0.4, -0.2) is 32.6 Å². The van der Waals surface area contributed by atoms with Gasteiger partial charge < -0.3 is 14.4 Å². The van der Waals surface area contributed by atoms with Gasteiger partial charge in [-0.15, -0.1) is 0 Å². The molecule has 2 aliphatic heterocycles. The number of nitrogens with zero attached hydrogens (tertiary/aromatic N) is 1. The third-order valence-electron chi connectivity index (χ3n) is 5.12. The highest BCUT2D eigenvalue weighted by Gasteiger charge is 2.54. The van der Waals surface area contributed by atoms with Crippen molar-refractivity contribution < 1.29 is 14.3 Å². The number of aryl methyl sites for hydroxylation is 1. The fraction of sp³-hybridized carbons (Fsp3) is 0.471. The molecule has 1 aromatic carbocycles. The van der Waals surface area contributed by atoms with Gasteiger partial charge in [0, 0.05) is 31.3 Å². The van der Waals surface area contributed by atoms with Crippen molar-refractivity contribution in [2.75, 3.05) is 25.6 Å². The van der Waals surface area contributed by atoms with Crippen molar-refractivity contribution in [3.05, 3.63) is 29.3 Å². The number of hydrogen-bond acceptors (Lipinski definition) is 4. The van der Waals surface area contributed by atoms with Gasteiger partial charge in [0.1, 0.15) is 6.10 Å². The zero-order valence-corrected chi connectivity index (χ0v) is 12.6. The number of benzene rings is 1. The second-order valence-corrected chi connectivity index (χ2v) is 6.27. The fourth-order valence-corrected chi connectivity index (χ4v) is 4.10. The van der Waals surface area contributed by atoms with Crippen LogP contribution in [0.15, 0.2) is 18.2 Å². The van der Waals surface area contributed by atoms with Gasteiger partial charge in [0.2, 0.25) is 0 Å². The molecule has 4 rings (SSSR count). The lowest BCUT2D eigenvalue weighted by Crippen LogP contribution is -2.46. The van der Waals surface area contributed by atoms with Crippen LogP contribution in [0.25, 0.3) is 0 Å². The highest BCUT2D eigenvalue weighted by atomic mass is 16.5. The summed E-state index contributed by atoms with van der Waals surface area (Å²) >= 11 is 0. The molecule has 0 N–H and O–H groups in total. The zero-order valence-electron chi connectivity index (χ0n) is 12.6. The van der Waals surface area contributed by atoms with Gasteiger partial charge in [-0.2, -0.15) is 0 Å². The first kappa shape index (κ1) is 12.7. The molecule has 1 aliphatic carbocycles. The first-order valence-electron chi connectivity index (χ1n) is 7.39. The monoisotopic (exact) mass is 285 g/mol. The van der Waals surface area contributed by atoms with Gasteiger partial charge >= 0.3 is 0 Å². The normalized spacial score (nSPS) is 29.0. The minimum absolute atomic E-state index is 0.0897. The van der Waals surface area contributed by atoms with E-state index >= 15 is 0 Å². The third kappa shape index (κ3) is 1.48. The van der Waals surface area contributed by atoms with E-state index in [1.807, 2.05) is 6.07 Å². The molecule has 1 aromatic rings. The summed E-state index contributed by atoms with van der Waals surface area (Å²) < 4.78 is 11.7. The molecule has 110 valence electrons. The standard InChI is InChI=1S/C17H19NO3/c1-10-8-12(20-3)16-14-15(10)18(2)7-6-17(14)5-4-11(19)9-13(17)21-16/h4-5,8,13H,6-7,9H2,1-3H3. The van der Waals surface area contributed by atoms with Crippen molar-refractivity contribution in [3.8, 4) is 11.5 Å². The van der Waals surface area contributed by atoms with E-state index in [0.29, 0.717) is 6.42 Å². The highest BCUT2D eigenvalue weighted by molar-refractivity contribution is 5.93. The molecule has 0 bridgehead atoms. The van der Waals surface area contributed by atoms with Crippen LogP contribution in [0.5, 0.6) is 11.5 Å². The average Bonchev–Trinajstić information content (AvgIpc) is 2.79. The van der Waals surface area contributed by atoms with Crippen LogP contribution in [0.1, 0.15) is 24.0 Å². The number of carbonyl (C=O) groups excluding carboxylic acids is 1. The van der Waals surface area contributed by atoms with Gasteiger partial charge in [-0.05, 0) is 31.1 Å². The van der Waals surface area contributed by atoms with Gasteiger partial charge in [0.15, 0.2) is 17.3 Å². The Bertz CT molecular complexity index is 679. The summed E-state index contributed by atoms with van der Waals surface area (Å²) in [4.78, 5) is 14.1. The summed E-state index contributed by atoms with van der Waals surface area (Å²) in [6, 6.07) is 2.03. The summed E-state index contributed by atoms with van der Waals surface area (Å²) in [5, 5.41) is 0. The van der Waals surface area contributed by atoms with E-state index in [4.69, 9.17) is 9.47 Å². The van der Waals surface area contributed by atoms with Crippen LogP contribution < -0.4 is 14.4 Å². The Morgan fingerprint density at radius 3 is 3.05 bits per heavy atom. The van der Waals surface area contributed by atoms with Crippen molar-refractivity contribution in [1.82, 2.24) is 0 Å². The maximum absolute atomic E-state index is 11.8. The molecule has 4 heteroatoms. The molecule has 2 unspecified atom stereocenters. The Morgan fingerprint density at radius 2 is 2.29 bits per heavy atom. The number of allylic oxidation sites excluding steroid dienone is 1. The number of anilines is 1. The Kier molecular flexibility index (Phi) is 2.44. The van der Waals surface area contributed by atoms with Crippen LogP contribution >= 0.6 is 0 Å². The predicted molar refractivity (Wildman–Crippen MR) is 80.5 cm³/mol. The van der Waals surface area contributed by atoms with Crippen LogP contribution in [0.2, 0.25) is 0 Å². The number of ketones is 1. The molecule has 0 saturated carbocycles. The summed E-state index contributed by atoms with van der Waals surface area (Å²) in [6.45, 7) is 3.08. The number of hydrogen-bond donors (Lipinski definition) is 0. The molecular formula is C17H19NO3. The van der Waals surface area contributed by atoms with Crippen molar-refractivity contribution >= 4 is 11.5 Å². The molecule has 0 amide bonds. The summed E-state index contributed by atoms with van der Waals surface area (Å²) in [5.41, 5.74) is 3.48. The second-order valence-electron chi connectivity index (χ2n) is 6.27. The molecule has 1 spiro atoms. The molecule has 21 heavy (non-hydrogen) atoms. The number of rotatable bonds is 1. The minimum Gasteiger partial charge on any atom is -0.493 e. The van der Waals surface area contributed by atoms with E-state index in [0.717, 1.165) is 24.5 Å². The summed E-state index contributed by atoms with van der Waals surface area (Å²) in [5.74, 6) is 1.75. The number of carbonyl (C=O) groups is 1. The molecule has 3 aliphatic rings. The number of ether oxygens (including phenoxy) is 2. The van der Waals surface area contributed by atoms with Crippen LogP contribution in [0.3, 0.4) is 0 Å². The molecular weight excluding hydrogens is 266 g/mol. The lowest BCUT2D eigenvalue weighted by atomic mass is 9.67. The molecule has 0 aromatic heterocycles. The molecule has 0 radical (unpaired) electrons. The lowest BCUT2D eigenvalue weighted by molar-refractivity contribution is -0.117. The molecule has 4 nitrogen and oxygen atoms in total. The zero-order chi connectivity index (χ0) is 14.8. The van der Waals surface area contributed by atoms with Gasteiger partial charge in [0.25, 0.3) is 0 Å². The smallest absolute Gasteiger partial charge is 0.167 e. The third-order valence-corrected chi connectivity index (χ3v) is 5.12. The van der Waals surface area contributed by atoms with Gasteiger partial charge in [-0.3, -0.25) is 4.79 Å². The van der Waals surface area contributed by atoms with Crippen LogP contribution in [0, 0.1) is 6.92 Å². The van der Waals surface area contributed by atoms with Crippen molar-refractivity contribution in [1.29, 1.82) is 0 Å². The summed E-state index contributed by atoms with van der Waals surface area (Å²) in [6.07, 6.45) is 5.15. The van der Waals surface area contributed by atoms with Crippen molar-refractivity contribution in [2.45, 2.75) is 31.3 Å². The first-order valence-corrected chi connectivity index (χ1v) is 7.39. The Hall–Kier alpha value is -1.97. The van der Waals surface area contributed by atoms with Gasteiger partial charge in [0.05, 0.1) is 12.5 Å². The van der Waals surface area contributed by atoms with Gasteiger partial charge in [-0.25, -0.2) is 0 Å². The SMILES string of the molecule is COc1cc(C)c2c3c1OC1CC(=O)C=CC31CCN2C. The van der Waals surface area contributed by atoms with Crippen molar-refractivity contribution in [2.24, 2.45) is 0 Å². The Balaban J connectivity index is 2.04. The average molecular weight is 285 g/mol. The molecule has 2 atom stereocenters. The summed E-state index contributed by atoms with van der Waals surface area (Å²) in [7, 11) is 3.79. The molecule has 0 saturated heterocycles. The van der Waals surface area contributed by atoms with Gasteiger partial charge in [-0.1, -0.05) is 6.08 Å². The highest BCUT2D eigenvalue weighted by Crippen LogP contribution is 2.59. The quantitative estimate of drug-likeness (QED) is 0.794. The molecule has 2 heterocycles.